The number of anilines is 1. The molecule has 0 fully saturated rings. The fourth-order valence-electron chi connectivity index (χ4n) is 2.28. The average Bonchev–Trinajstić information content (AvgIpc) is 2.40. The van der Waals surface area contributed by atoms with Gasteiger partial charge in [-0.1, -0.05) is 12.1 Å². The van der Waals surface area contributed by atoms with Gasteiger partial charge in [-0.2, -0.15) is 0 Å². The number of fused-ring (bicyclic) bond motifs is 1. The Morgan fingerprint density at radius 1 is 1.00 bits per heavy atom. The molecule has 2 nitrogen and oxygen atoms in total. The highest BCUT2D eigenvalue weighted by Gasteiger charge is 2.27. The van der Waals surface area contributed by atoms with Crippen molar-refractivity contribution in [3.63, 3.8) is 0 Å². The van der Waals surface area contributed by atoms with Crippen molar-refractivity contribution in [2.24, 2.45) is 0 Å². The van der Waals surface area contributed by atoms with Crippen molar-refractivity contribution in [1.82, 2.24) is 0 Å². The Kier molecular flexibility index (Phi) is 2.85. The van der Waals surface area contributed by atoms with Crippen molar-refractivity contribution >= 4 is 5.69 Å². The molecule has 0 radical (unpaired) electrons. The minimum atomic E-state index is -0.340. The molecule has 4 heteroatoms. The topological polar surface area (TPSA) is 21.3 Å². The van der Waals surface area contributed by atoms with Gasteiger partial charge in [-0.15, -0.1) is 0 Å². The maximum atomic E-state index is 13.2. The Morgan fingerprint density at radius 2 is 1.68 bits per heavy atom. The lowest BCUT2D eigenvalue weighted by atomic mass is 10.0. The highest BCUT2D eigenvalue weighted by Crippen LogP contribution is 2.37. The van der Waals surface area contributed by atoms with Crippen LogP contribution in [0.1, 0.15) is 18.6 Å². The van der Waals surface area contributed by atoms with Gasteiger partial charge in [0, 0.05) is 6.07 Å². The number of hydrogen-bond donors (Lipinski definition) is 1. The van der Waals surface area contributed by atoms with Gasteiger partial charge in [0.25, 0.3) is 0 Å². The molecular weight excluding hydrogens is 248 g/mol. The van der Waals surface area contributed by atoms with Crippen molar-refractivity contribution in [2.45, 2.75) is 19.1 Å². The van der Waals surface area contributed by atoms with Gasteiger partial charge in [0.15, 0.2) is 0 Å². The molecule has 0 spiro atoms. The van der Waals surface area contributed by atoms with Crippen LogP contribution in [0.2, 0.25) is 0 Å². The predicted octanol–water partition coefficient (Wildman–Crippen LogP) is 3.90. The summed E-state index contributed by atoms with van der Waals surface area (Å²) in [7, 11) is 0. The van der Waals surface area contributed by atoms with E-state index in [0.717, 1.165) is 11.3 Å². The van der Waals surface area contributed by atoms with Crippen LogP contribution in [0, 0.1) is 11.6 Å². The molecule has 98 valence electrons. The van der Waals surface area contributed by atoms with Crippen LogP contribution in [0.15, 0.2) is 42.5 Å². The Bertz CT molecular complexity index is 598. The van der Waals surface area contributed by atoms with Gasteiger partial charge in [0.05, 0.1) is 11.7 Å². The highest BCUT2D eigenvalue weighted by atomic mass is 19.1. The Hall–Kier alpha value is -2.10. The van der Waals surface area contributed by atoms with E-state index in [2.05, 4.69) is 5.32 Å². The molecule has 19 heavy (non-hydrogen) atoms. The lowest BCUT2D eigenvalue weighted by Gasteiger charge is -2.33. The number of rotatable bonds is 1. The van der Waals surface area contributed by atoms with Crippen molar-refractivity contribution < 1.29 is 13.5 Å². The fraction of sp³-hybridized carbons (Fsp3) is 0.200. The second-order valence-electron chi connectivity index (χ2n) is 4.66. The Morgan fingerprint density at radius 3 is 2.42 bits per heavy atom. The number of nitrogens with one attached hydrogen (secondary N) is 1. The molecule has 1 aliphatic rings. The maximum absolute atomic E-state index is 13.2. The third kappa shape index (κ3) is 2.26. The van der Waals surface area contributed by atoms with Gasteiger partial charge in [0.2, 0.25) is 0 Å². The smallest absolute Gasteiger partial charge is 0.146 e. The van der Waals surface area contributed by atoms with Gasteiger partial charge < -0.3 is 10.1 Å². The first kappa shape index (κ1) is 12.0. The Labute approximate surface area is 110 Å². The quantitative estimate of drug-likeness (QED) is 0.840. The molecular formula is C15H13F2NO. The molecule has 1 N–H and O–H groups in total. The normalized spacial score (nSPS) is 21.2. The molecule has 0 saturated carbocycles. The van der Waals surface area contributed by atoms with Crippen molar-refractivity contribution in [3.05, 3.63) is 59.7 Å². The van der Waals surface area contributed by atoms with Crippen LogP contribution in [0.4, 0.5) is 14.5 Å². The van der Waals surface area contributed by atoms with E-state index in [4.69, 9.17) is 4.74 Å². The zero-order valence-corrected chi connectivity index (χ0v) is 10.4. The molecule has 0 saturated heterocycles. The fourth-order valence-corrected chi connectivity index (χ4v) is 2.28. The van der Waals surface area contributed by atoms with Crippen molar-refractivity contribution in [1.29, 1.82) is 0 Å². The van der Waals surface area contributed by atoms with Crippen molar-refractivity contribution in [3.8, 4) is 5.75 Å². The van der Waals surface area contributed by atoms with Gasteiger partial charge in [-0.25, -0.2) is 8.78 Å². The first-order valence-electron chi connectivity index (χ1n) is 6.12. The summed E-state index contributed by atoms with van der Waals surface area (Å²) in [5.41, 5.74) is 1.63. The molecule has 0 aliphatic carbocycles. The van der Waals surface area contributed by atoms with E-state index in [1.165, 1.54) is 24.3 Å². The zero-order valence-electron chi connectivity index (χ0n) is 10.4. The summed E-state index contributed by atoms with van der Waals surface area (Å²) in [6.07, 6.45) is -0.269. The minimum absolute atomic E-state index is 0.0171. The monoisotopic (exact) mass is 261 g/mol. The molecule has 0 amide bonds. The molecule has 1 aliphatic heterocycles. The number of benzene rings is 2. The molecule has 2 aromatic carbocycles. The summed E-state index contributed by atoms with van der Waals surface area (Å²) in [5, 5.41) is 3.26. The van der Waals surface area contributed by atoms with E-state index in [9.17, 15) is 8.78 Å². The van der Waals surface area contributed by atoms with Crippen LogP contribution in [0.3, 0.4) is 0 Å². The third-order valence-corrected chi connectivity index (χ3v) is 3.23. The van der Waals surface area contributed by atoms with Gasteiger partial charge in [-0.05, 0) is 36.8 Å². The molecule has 2 aromatic rings. The second kappa shape index (κ2) is 4.53. The van der Waals surface area contributed by atoms with Crippen LogP contribution in [0.25, 0.3) is 0 Å². The van der Waals surface area contributed by atoms with Crippen LogP contribution in [0.5, 0.6) is 5.75 Å². The van der Waals surface area contributed by atoms with Gasteiger partial charge in [-0.3, -0.25) is 0 Å². The number of ether oxygens (including phenoxy) is 1. The van der Waals surface area contributed by atoms with Gasteiger partial charge >= 0.3 is 0 Å². The molecule has 0 bridgehead atoms. The first-order chi connectivity index (χ1) is 9.13. The maximum Gasteiger partial charge on any atom is 0.146 e. The van der Waals surface area contributed by atoms with E-state index in [-0.39, 0.29) is 23.8 Å². The lowest BCUT2D eigenvalue weighted by Crippen LogP contribution is -2.32. The van der Waals surface area contributed by atoms with E-state index in [0.29, 0.717) is 5.75 Å². The summed E-state index contributed by atoms with van der Waals surface area (Å²) < 4.78 is 32.0. The molecule has 1 heterocycles. The zero-order chi connectivity index (χ0) is 13.4. The molecule has 2 unspecified atom stereocenters. The standard InChI is InChI=1S/C15H13F2NO/c1-9-15(10-2-4-11(16)5-3-10)19-14-8-12(17)6-7-13(14)18-9/h2-9,15,18H,1H3. The first-order valence-corrected chi connectivity index (χ1v) is 6.12. The average molecular weight is 261 g/mol. The predicted molar refractivity (Wildman–Crippen MR) is 69.3 cm³/mol. The summed E-state index contributed by atoms with van der Waals surface area (Å²) in [4.78, 5) is 0. The van der Waals surface area contributed by atoms with E-state index < -0.39 is 0 Å². The summed E-state index contributed by atoms with van der Waals surface area (Å²) >= 11 is 0. The van der Waals surface area contributed by atoms with Crippen LogP contribution in [-0.2, 0) is 0 Å². The largest absolute Gasteiger partial charge is 0.481 e. The highest BCUT2D eigenvalue weighted by molar-refractivity contribution is 5.59. The SMILES string of the molecule is CC1Nc2ccc(F)cc2OC1c1ccc(F)cc1. The van der Waals surface area contributed by atoms with Crippen LogP contribution in [-0.4, -0.2) is 6.04 Å². The molecule has 3 rings (SSSR count). The summed E-state index contributed by atoms with van der Waals surface area (Å²) in [5.74, 6) is -0.146. The van der Waals surface area contributed by atoms with E-state index >= 15 is 0 Å². The van der Waals surface area contributed by atoms with Gasteiger partial charge in [0.1, 0.15) is 23.5 Å². The lowest BCUT2D eigenvalue weighted by molar-refractivity contribution is 0.177. The third-order valence-electron chi connectivity index (χ3n) is 3.23. The van der Waals surface area contributed by atoms with Crippen LogP contribution < -0.4 is 10.1 Å². The minimum Gasteiger partial charge on any atom is -0.481 e. The number of hydrogen-bond acceptors (Lipinski definition) is 2. The van der Waals surface area contributed by atoms with Crippen LogP contribution >= 0.6 is 0 Å². The molecule has 0 aromatic heterocycles. The second-order valence-corrected chi connectivity index (χ2v) is 4.66. The summed E-state index contributed by atoms with van der Waals surface area (Å²) in [6, 6.07) is 10.6. The summed E-state index contributed by atoms with van der Waals surface area (Å²) in [6.45, 7) is 1.97. The van der Waals surface area contributed by atoms with Crippen molar-refractivity contribution in [2.75, 3.05) is 5.32 Å². The number of halogens is 2. The molecule has 2 atom stereocenters. The van der Waals surface area contributed by atoms with E-state index in [1.807, 2.05) is 6.92 Å². The Balaban J connectivity index is 1.94. The van der Waals surface area contributed by atoms with E-state index in [1.54, 1.807) is 18.2 Å².